The maximum atomic E-state index is 13.3. The number of amides is 2. The molecule has 0 saturated heterocycles. The van der Waals surface area contributed by atoms with Gasteiger partial charge in [-0.15, -0.1) is 11.8 Å². The number of ether oxygens (including phenoxy) is 1. The van der Waals surface area contributed by atoms with Crippen LogP contribution in [0.3, 0.4) is 0 Å². The van der Waals surface area contributed by atoms with E-state index in [1.165, 1.54) is 0 Å². The molecule has 0 radical (unpaired) electrons. The van der Waals surface area contributed by atoms with E-state index in [0.29, 0.717) is 16.9 Å². The van der Waals surface area contributed by atoms with Crippen molar-refractivity contribution in [3.63, 3.8) is 0 Å². The van der Waals surface area contributed by atoms with Gasteiger partial charge >= 0.3 is 6.09 Å². The molecule has 1 aromatic heterocycles. The van der Waals surface area contributed by atoms with Crippen molar-refractivity contribution >= 4 is 56.6 Å². The molecule has 0 aliphatic heterocycles. The molecule has 3 rings (SSSR count). The van der Waals surface area contributed by atoms with Gasteiger partial charge in [0.15, 0.2) is 0 Å². The summed E-state index contributed by atoms with van der Waals surface area (Å²) in [5, 5.41) is 9.99. The molecule has 9 heteroatoms. The molecule has 39 heavy (non-hydrogen) atoms. The summed E-state index contributed by atoms with van der Waals surface area (Å²) in [5.74, 6) is -0.327. The molecule has 2 amide bonds. The van der Waals surface area contributed by atoms with Gasteiger partial charge in [-0.25, -0.2) is 4.79 Å². The number of anilines is 3. The van der Waals surface area contributed by atoms with Gasteiger partial charge in [0.05, 0.1) is 22.5 Å². The minimum Gasteiger partial charge on any atom is -0.444 e. The van der Waals surface area contributed by atoms with Gasteiger partial charge in [-0.3, -0.25) is 15.1 Å². The SMILES string of the molecule is CC/C=C(\SC)c1ccc(NC(=O)OC(C)(C)C)c(NC(=O)c2cnc3cc(NCCN(C)C)ccc3c2)c1. The first kappa shape index (κ1) is 30.0. The zero-order valence-electron chi connectivity index (χ0n) is 23.8. The first-order chi connectivity index (χ1) is 18.5. The normalized spacial score (nSPS) is 11.9. The van der Waals surface area contributed by atoms with Crippen LogP contribution in [-0.2, 0) is 4.74 Å². The van der Waals surface area contributed by atoms with Gasteiger partial charge in [0.2, 0.25) is 0 Å². The van der Waals surface area contributed by atoms with Crippen molar-refractivity contribution < 1.29 is 14.3 Å². The van der Waals surface area contributed by atoms with Gasteiger partial charge in [0.1, 0.15) is 5.60 Å². The number of nitrogens with one attached hydrogen (secondary N) is 3. The number of aromatic nitrogens is 1. The fourth-order valence-corrected chi connectivity index (χ4v) is 4.50. The number of carbonyl (C=O) groups excluding carboxylic acids is 2. The minimum atomic E-state index is -0.651. The fourth-order valence-electron chi connectivity index (χ4n) is 3.80. The van der Waals surface area contributed by atoms with E-state index >= 15 is 0 Å². The van der Waals surface area contributed by atoms with E-state index in [4.69, 9.17) is 4.74 Å². The molecule has 1 heterocycles. The Bertz CT molecular complexity index is 1350. The Labute approximate surface area is 235 Å². The highest BCUT2D eigenvalue weighted by molar-refractivity contribution is 8.07. The fraction of sp³-hybridized carbons (Fsp3) is 0.367. The number of nitrogens with zero attached hydrogens (tertiary/aromatic N) is 2. The highest BCUT2D eigenvalue weighted by Gasteiger charge is 2.19. The van der Waals surface area contributed by atoms with E-state index in [0.717, 1.165) is 46.6 Å². The summed E-state index contributed by atoms with van der Waals surface area (Å²) in [5.41, 5.74) is 3.40. The highest BCUT2D eigenvalue weighted by atomic mass is 32.2. The molecule has 0 fully saturated rings. The first-order valence-corrected chi connectivity index (χ1v) is 14.2. The van der Waals surface area contributed by atoms with Gasteiger partial charge in [0, 0.05) is 35.3 Å². The Balaban J connectivity index is 1.87. The predicted octanol–water partition coefficient (Wildman–Crippen LogP) is 6.92. The van der Waals surface area contributed by atoms with E-state index in [1.54, 1.807) is 44.8 Å². The number of carbonyl (C=O) groups is 2. The molecule has 0 saturated carbocycles. The largest absolute Gasteiger partial charge is 0.444 e. The third-order valence-electron chi connectivity index (χ3n) is 5.63. The van der Waals surface area contributed by atoms with Crippen molar-refractivity contribution in [2.75, 3.05) is 49.4 Å². The molecule has 0 spiro atoms. The summed E-state index contributed by atoms with van der Waals surface area (Å²) in [4.78, 5) is 33.6. The van der Waals surface area contributed by atoms with Crippen LogP contribution in [0, 0.1) is 0 Å². The maximum Gasteiger partial charge on any atom is 0.412 e. The zero-order valence-corrected chi connectivity index (χ0v) is 24.7. The molecule has 0 unspecified atom stereocenters. The van der Waals surface area contributed by atoms with Gasteiger partial charge < -0.3 is 20.3 Å². The van der Waals surface area contributed by atoms with E-state index in [9.17, 15) is 9.59 Å². The van der Waals surface area contributed by atoms with Crippen LogP contribution in [0.4, 0.5) is 21.9 Å². The van der Waals surface area contributed by atoms with E-state index in [2.05, 4.69) is 38.8 Å². The zero-order chi connectivity index (χ0) is 28.6. The Hall–Kier alpha value is -3.56. The van der Waals surface area contributed by atoms with Crippen molar-refractivity contribution in [3.8, 4) is 0 Å². The number of likely N-dealkylation sites (N-methyl/N-ethyl adjacent to an activating group) is 1. The molecule has 2 aromatic carbocycles. The summed E-state index contributed by atoms with van der Waals surface area (Å²) in [6.45, 7) is 9.22. The Morgan fingerprint density at radius 2 is 1.79 bits per heavy atom. The molecular weight excluding hydrogens is 510 g/mol. The minimum absolute atomic E-state index is 0.327. The van der Waals surface area contributed by atoms with Crippen LogP contribution in [0.2, 0.25) is 0 Å². The number of benzene rings is 2. The van der Waals surface area contributed by atoms with Crippen LogP contribution in [0.1, 0.15) is 50.0 Å². The third kappa shape index (κ3) is 9.01. The average molecular weight is 550 g/mol. The summed E-state index contributed by atoms with van der Waals surface area (Å²) < 4.78 is 5.42. The van der Waals surface area contributed by atoms with Crippen LogP contribution in [-0.4, -0.2) is 60.9 Å². The molecule has 0 bridgehead atoms. The van der Waals surface area contributed by atoms with E-state index < -0.39 is 11.7 Å². The van der Waals surface area contributed by atoms with Crippen LogP contribution in [0.5, 0.6) is 0 Å². The molecule has 0 atom stereocenters. The van der Waals surface area contributed by atoms with Crippen LogP contribution < -0.4 is 16.0 Å². The van der Waals surface area contributed by atoms with Crippen molar-refractivity contribution in [2.45, 2.75) is 39.7 Å². The molecular formula is C30H39N5O3S. The highest BCUT2D eigenvalue weighted by Crippen LogP contribution is 2.32. The van der Waals surface area contributed by atoms with Crippen molar-refractivity contribution in [1.29, 1.82) is 0 Å². The number of thioether (sulfide) groups is 1. The monoisotopic (exact) mass is 549 g/mol. The van der Waals surface area contributed by atoms with E-state index in [-0.39, 0.29) is 5.91 Å². The Morgan fingerprint density at radius 1 is 1.03 bits per heavy atom. The number of rotatable bonds is 10. The Kier molecular flexibility index (Phi) is 10.4. The number of fused-ring (bicyclic) bond motifs is 1. The van der Waals surface area contributed by atoms with Gasteiger partial charge in [-0.2, -0.15) is 0 Å². The van der Waals surface area contributed by atoms with Crippen molar-refractivity contribution in [3.05, 3.63) is 65.9 Å². The summed E-state index contributed by atoms with van der Waals surface area (Å²) >= 11 is 1.63. The van der Waals surface area contributed by atoms with Crippen LogP contribution in [0.25, 0.3) is 15.8 Å². The number of pyridine rings is 1. The molecule has 3 N–H and O–H groups in total. The lowest BCUT2D eigenvalue weighted by Gasteiger charge is -2.21. The van der Waals surface area contributed by atoms with Crippen LogP contribution >= 0.6 is 11.8 Å². The van der Waals surface area contributed by atoms with E-state index in [1.807, 2.05) is 56.7 Å². The topological polar surface area (TPSA) is 95.6 Å². The standard InChI is InChI=1S/C30H39N5O3S/c1-8-9-27(39-7)21-11-13-24(34-29(37)38-30(2,3)4)26(17-21)33-28(36)22-16-20-10-12-23(18-25(20)32-19-22)31-14-15-35(5)6/h9-13,16-19,31H,8,14-15H2,1-7H3,(H,33,36)(H,34,37)/b27-9-. The van der Waals surface area contributed by atoms with Gasteiger partial charge in [-0.05, 0) is 83.4 Å². The summed E-state index contributed by atoms with van der Waals surface area (Å²) in [6, 6.07) is 13.3. The van der Waals surface area contributed by atoms with Gasteiger partial charge in [-0.1, -0.05) is 25.1 Å². The number of allylic oxidation sites excluding steroid dienone is 1. The quantitative estimate of drug-likeness (QED) is 0.253. The second-order valence-electron chi connectivity index (χ2n) is 10.4. The van der Waals surface area contributed by atoms with Crippen molar-refractivity contribution in [2.24, 2.45) is 0 Å². The lowest BCUT2D eigenvalue weighted by atomic mass is 10.1. The number of hydrogen-bond donors (Lipinski definition) is 3. The lowest BCUT2D eigenvalue weighted by Crippen LogP contribution is -2.27. The van der Waals surface area contributed by atoms with Gasteiger partial charge in [0.25, 0.3) is 5.91 Å². The first-order valence-electron chi connectivity index (χ1n) is 13.0. The second kappa shape index (κ2) is 13.5. The van der Waals surface area contributed by atoms with Crippen molar-refractivity contribution in [1.82, 2.24) is 9.88 Å². The molecule has 0 aliphatic rings. The molecule has 0 aliphatic carbocycles. The summed E-state index contributed by atoms with van der Waals surface area (Å²) in [6.07, 6.45) is 5.99. The second-order valence-corrected chi connectivity index (χ2v) is 11.2. The average Bonchev–Trinajstić information content (AvgIpc) is 2.86. The maximum absolute atomic E-state index is 13.3. The molecule has 8 nitrogen and oxygen atoms in total. The van der Waals surface area contributed by atoms with Crippen LogP contribution in [0.15, 0.2) is 54.7 Å². The molecule has 3 aromatic rings. The third-order valence-corrected chi connectivity index (χ3v) is 6.47. The summed E-state index contributed by atoms with van der Waals surface area (Å²) in [7, 11) is 4.07. The lowest BCUT2D eigenvalue weighted by molar-refractivity contribution is 0.0635. The number of hydrogen-bond acceptors (Lipinski definition) is 7. The smallest absolute Gasteiger partial charge is 0.412 e. The molecule has 208 valence electrons. The predicted molar refractivity (Wildman–Crippen MR) is 165 cm³/mol. The Morgan fingerprint density at radius 3 is 2.46 bits per heavy atom.